The van der Waals surface area contributed by atoms with Crippen molar-refractivity contribution >= 4 is 21.6 Å². The van der Waals surface area contributed by atoms with E-state index in [0.29, 0.717) is 12.1 Å². The number of anilines is 1. The van der Waals surface area contributed by atoms with Crippen molar-refractivity contribution in [2.75, 3.05) is 18.5 Å². The lowest BCUT2D eigenvalue weighted by atomic mass is 9.97. The van der Waals surface area contributed by atoms with Gasteiger partial charge < -0.3 is 10.2 Å². The minimum Gasteiger partial charge on any atom is -0.369 e. The summed E-state index contributed by atoms with van der Waals surface area (Å²) in [5, 5.41) is 3.39. The van der Waals surface area contributed by atoms with Crippen molar-refractivity contribution in [3.8, 4) is 0 Å². The lowest BCUT2D eigenvalue weighted by molar-refractivity contribution is 0.387. The molecule has 2 nitrogen and oxygen atoms in total. The Hall–Kier alpha value is -0.540. The van der Waals surface area contributed by atoms with E-state index in [0.717, 1.165) is 6.54 Å². The van der Waals surface area contributed by atoms with Crippen molar-refractivity contribution in [3.05, 3.63) is 28.2 Å². The third-order valence-corrected chi connectivity index (χ3v) is 4.10. The molecule has 0 aliphatic carbocycles. The molecule has 1 aliphatic rings. The van der Waals surface area contributed by atoms with E-state index in [2.05, 4.69) is 65.2 Å². The molecule has 1 aromatic carbocycles. The molecule has 1 fully saturated rings. The van der Waals surface area contributed by atoms with Gasteiger partial charge in [-0.25, -0.2) is 0 Å². The lowest BCUT2D eigenvalue weighted by Gasteiger charge is -2.39. The first-order chi connectivity index (χ1) is 8.10. The van der Waals surface area contributed by atoms with Gasteiger partial charge in [0.1, 0.15) is 0 Å². The second-order valence-electron chi connectivity index (χ2n) is 5.04. The average molecular weight is 297 g/mol. The van der Waals surface area contributed by atoms with E-state index in [1.54, 1.807) is 0 Å². The van der Waals surface area contributed by atoms with Gasteiger partial charge in [-0.15, -0.1) is 0 Å². The summed E-state index contributed by atoms with van der Waals surface area (Å²) < 4.78 is 1.18. The molecule has 1 saturated heterocycles. The van der Waals surface area contributed by atoms with Crippen LogP contribution in [-0.4, -0.2) is 25.7 Å². The Bertz CT molecular complexity index is 372. The number of benzene rings is 1. The molecule has 17 heavy (non-hydrogen) atoms. The standard InChI is InChI=1S/C14H21BrN2/c1-10-6-12(15)9-14(7-10)17-5-4-13(16-3)8-11(17)2/h6-7,9,11,13,16H,4-5,8H2,1-3H3. The number of hydrogen-bond acceptors (Lipinski definition) is 2. The van der Waals surface area contributed by atoms with Gasteiger partial charge in [0.2, 0.25) is 0 Å². The summed E-state index contributed by atoms with van der Waals surface area (Å²) in [4.78, 5) is 2.52. The van der Waals surface area contributed by atoms with Gasteiger partial charge >= 0.3 is 0 Å². The van der Waals surface area contributed by atoms with Gasteiger partial charge in [-0.3, -0.25) is 0 Å². The summed E-state index contributed by atoms with van der Waals surface area (Å²) in [6, 6.07) is 7.95. The van der Waals surface area contributed by atoms with Crippen LogP contribution in [0.5, 0.6) is 0 Å². The van der Waals surface area contributed by atoms with Crippen molar-refractivity contribution in [3.63, 3.8) is 0 Å². The summed E-state index contributed by atoms with van der Waals surface area (Å²) in [6.07, 6.45) is 2.45. The molecule has 1 aromatic rings. The van der Waals surface area contributed by atoms with Crippen LogP contribution in [0.15, 0.2) is 22.7 Å². The molecule has 2 rings (SSSR count). The highest BCUT2D eigenvalue weighted by molar-refractivity contribution is 9.10. The molecule has 94 valence electrons. The van der Waals surface area contributed by atoms with Gasteiger partial charge in [-0.1, -0.05) is 15.9 Å². The van der Waals surface area contributed by atoms with E-state index in [4.69, 9.17) is 0 Å². The summed E-state index contributed by atoms with van der Waals surface area (Å²) in [6.45, 7) is 5.61. The number of nitrogens with one attached hydrogen (secondary N) is 1. The van der Waals surface area contributed by atoms with Crippen LogP contribution in [0.2, 0.25) is 0 Å². The summed E-state index contributed by atoms with van der Waals surface area (Å²) >= 11 is 3.59. The maximum absolute atomic E-state index is 3.59. The normalized spacial score (nSPS) is 25.1. The highest BCUT2D eigenvalue weighted by Gasteiger charge is 2.24. The molecule has 2 atom stereocenters. The Labute approximate surface area is 113 Å². The average Bonchev–Trinajstić information content (AvgIpc) is 2.27. The van der Waals surface area contributed by atoms with Crippen LogP contribution in [0.25, 0.3) is 0 Å². The Kier molecular flexibility index (Phi) is 4.10. The number of hydrogen-bond donors (Lipinski definition) is 1. The van der Waals surface area contributed by atoms with Gasteiger partial charge in [0.15, 0.2) is 0 Å². The maximum atomic E-state index is 3.59. The number of aryl methyl sites for hydroxylation is 1. The predicted octanol–water partition coefficient (Wildman–Crippen LogP) is 3.33. The molecule has 1 aliphatic heterocycles. The van der Waals surface area contributed by atoms with Gasteiger partial charge in [0, 0.05) is 28.8 Å². The van der Waals surface area contributed by atoms with Gasteiger partial charge in [-0.2, -0.15) is 0 Å². The highest BCUT2D eigenvalue weighted by Crippen LogP contribution is 2.28. The Morgan fingerprint density at radius 3 is 2.71 bits per heavy atom. The van der Waals surface area contributed by atoms with Crippen molar-refractivity contribution < 1.29 is 0 Å². The first-order valence-corrected chi connectivity index (χ1v) is 7.10. The van der Waals surface area contributed by atoms with E-state index >= 15 is 0 Å². The molecule has 0 radical (unpaired) electrons. The Balaban J connectivity index is 2.17. The molecule has 0 amide bonds. The first kappa shape index (κ1) is 12.9. The van der Waals surface area contributed by atoms with E-state index in [1.165, 1.54) is 28.6 Å². The fraction of sp³-hybridized carbons (Fsp3) is 0.571. The topological polar surface area (TPSA) is 15.3 Å². The maximum Gasteiger partial charge on any atom is 0.0382 e. The lowest BCUT2D eigenvalue weighted by Crippen LogP contribution is -2.46. The molecule has 0 spiro atoms. The predicted molar refractivity (Wildman–Crippen MR) is 77.8 cm³/mol. The van der Waals surface area contributed by atoms with Crippen LogP contribution >= 0.6 is 15.9 Å². The Morgan fingerprint density at radius 1 is 1.35 bits per heavy atom. The Morgan fingerprint density at radius 2 is 2.12 bits per heavy atom. The zero-order chi connectivity index (χ0) is 12.4. The van der Waals surface area contributed by atoms with Crippen LogP contribution in [0.1, 0.15) is 25.3 Å². The molecule has 3 heteroatoms. The number of rotatable bonds is 2. The molecular weight excluding hydrogens is 276 g/mol. The van der Waals surface area contributed by atoms with Crippen LogP contribution in [0.3, 0.4) is 0 Å². The molecule has 0 aromatic heterocycles. The quantitative estimate of drug-likeness (QED) is 0.900. The van der Waals surface area contributed by atoms with Gasteiger partial charge in [-0.05, 0) is 57.5 Å². The van der Waals surface area contributed by atoms with E-state index in [-0.39, 0.29) is 0 Å². The molecule has 1 N–H and O–H groups in total. The fourth-order valence-electron chi connectivity index (χ4n) is 2.70. The molecule has 2 unspecified atom stereocenters. The SMILES string of the molecule is CNC1CCN(c2cc(C)cc(Br)c2)C(C)C1. The molecular formula is C14H21BrN2. The summed E-state index contributed by atoms with van der Waals surface area (Å²) in [5.74, 6) is 0. The van der Waals surface area contributed by atoms with E-state index in [1.807, 2.05) is 0 Å². The van der Waals surface area contributed by atoms with Gasteiger partial charge in [0.05, 0.1) is 0 Å². The minimum atomic E-state index is 0.606. The third-order valence-electron chi connectivity index (χ3n) is 3.64. The number of halogens is 1. The van der Waals surface area contributed by atoms with Crippen molar-refractivity contribution in [1.82, 2.24) is 5.32 Å². The smallest absolute Gasteiger partial charge is 0.0382 e. The molecule has 0 saturated carbocycles. The minimum absolute atomic E-state index is 0.606. The molecule has 0 bridgehead atoms. The van der Waals surface area contributed by atoms with Crippen LogP contribution in [0.4, 0.5) is 5.69 Å². The summed E-state index contributed by atoms with van der Waals surface area (Å²) in [7, 11) is 2.07. The fourth-order valence-corrected chi connectivity index (χ4v) is 3.30. The van der Waals surface area contributed by atoms with Crippen molar-refractivity contribution in [2.45, 2.75) is 38.8 Å². The van der Waals surface area contributed by atoms with Crippen molar-refractivity contribution in [1.29, 1.82) is 0 Å². The zero-order valence-corrected chi connectivity index (χ0v) is 12.4. The van der Waals surface area contributed by atoms with Crippen LogP contribution in [0, 0.1) is 6.92 Å². The highest BCUT2D eigenvalue weighted by atomic mass is 79.9. The van der Waals surface area contributed by atoms with E-state index < -0.39 is 0 Å². The van der Waals surface area contributed by atoms with Crippen LogP contribution in [-0.2, 0) is 0 Å². The van der Waals surface area contributed by atoms with Crippen molar-refractivity contribution in [2.24, 2.45) is 0 Å². The molecule has 1 heterocycles. The first-order valence-electron chi connectivity index (χ1n) is 6.31. The monoisotopic (exact) mass is 296 g/mol. The van der Waals surface area contributed by atoms with E-state index in [9.17, 15) is 0 Å². The number of nitrogens with zero attached hydrogens (tertiary/aromatic N) is 1. The number of piperidine rings is 1. The second kappa shape index (κ2) is 5.40. The van der Waals surface area contributed by atoms with Gasteiger partial charge in [0.25, 0.3) is 0 Å². The van der Waals surface area contributed by atoms with Crippen LogP contribution < -0.4 is 10.2 Å². The second-order valence-corrected chi connectivity index (χ2v) is 5.95. The zero-order valence-electron chi connectivity index (χ0n) is 10.8. The largest absolute Gasteiger partial charge is 0.369 e. The third kappa shape index (κ3) is 3.02. The summed E-state index contributed by atoms with van der Waals surface area (Å²) in [5.41, 5.74) is 2.66.